The van der Waals surface area contributed by atoms with Gasteiger partial charge in [0.1, 0.15) is 5.70 Å². The second-order valence-electron chi connectivity index (χ2n) is 5.87. The van der Waals surface area contributed by atoms with E-state index in [-0.39, 0.29) is 11.6 Å². The minimum Gasteiger partial charge on any atom is -0.317 e. The average Bonchev–Trinajstić information content (AvgIpc) is 3.27. The molecule has 0 spiro atoms. The quantitative estimate of drug-likeness (QED) is 0.257. The van der Waals surface area contributed by atoms with Crippen LogP contribution in [0.15, 0.2) is 87.8 Å². The molecule has 0 saturated carbocycles. The Balaban J connectivity index is 1.72. The monoisotopic (exact) mass is 421 g/mol. The molecule has 0 aliphatic rings. The Labute approximate surface area is 177 Å². The van der Waals surface area contributed by atoms with Gasteiger partial charge in [0.05, 0.1) is 6.21 Å². The number of carbonyl (C=O) groups excluding carboxylic acids is 2. The summed E-state index contributed by atoms with van der Waals surface area (Å²) in [4.78, 5) is 27.1. The first kappa shape index (κ1) is 20.6. The zero-order valence-corrected chi connectivity index (χ0v) is 17.3. The third kappa shape index (κ3) is 6.17. The maximum atomic E-state index is 12.6. The predicted octanol–water partition coefficient (Wildman–Crippen LogP) is 4.39. The van der Waals surface area contributed by atoms with Gasteiger partial charge in [-0.15, -0.1) is 23.1 Å². The SMILES string of the molecule is CSc1ccc(/C=N\NC(=O)/C(=C\c2cccs2)NC(=O)c2ccccc2)cc1. The van der Waals surface area contributed by atoms with Crippen molar-refractivity contribution in [3.05, 3.63) is 93.8 Å². The smallest absolute Gasteiger partial charge is 0.287 e. The summed E-state index contributed by atoms with van der Waals surface area (Å²) in [5.74, 6) is -0.861. The van der Waals surface area contributed by atoms with Crippen LogP contribution in [0.4, 0.5) is 0 Å². The second kappa shape index (κ2) is 10.4. The van der Waals surface area contributed by atoms with Crippen molar-refractivity contribution in [1.82, 2.24) is 10.7 Å². The third-order valence-corrected chi connectivity index (χ3v) is 5.42. The maximum absolute atomic E-state index is 12.6. The molecule has 1 heterocycles. The van der Waals surface area contributed by atoms with E-state index in [9.17, 15) is 9.59 Å². The molecule has 0 aliphatic heterocycles. The molecule has 0 unspecified atom stereocenters. The molecule has 0 atom stereocenters. The number of hydrazone groups is 1. The number of rotatable bonds is 7. The number of nitrogens with zero attached hydrogens (tertiary/aromatic N) is 1. The van der Waals surface area contributed by atoms with E-state index in [0.717, 1.165) is 15.3 Å². The van der Waals surface area contributed by atoms with E-state index in [2.05, 4.69) is 15.8 Å². The van der Waals surface area contributed by atoms with E-state index in [0.29, 0.717) is 5.56 Å². The summed E-state index contributed by atoms with van der Waals surface area (Å²) in [5, 5.41) is 8.58. The second-order valence-corrected chi connectivity index (χ2v) is 7.72. The molecule has 3 rings (SSSR count). The van der Waals surface area contributed by atoms with Crippen molar-refractivity contribution in [3.8, 4) is 0 Å². The summed E-state index contributed by atoms with van der Waals surface area (Å²) < 4.78 is 0. The lowest BCUT2D eigenvalue weighted by atomic mass is 10.2. The molecule has 146 valence electrons. The number of carbonyl (C=O) groups is 2. The van der Waals surface area contributed by atoms with Crippen molar-refractivity contribution < 1.29 is 9.59 Å². The summed E-state index contributed by atoms with van der Waals surface area (Å²) >= 11 is 3.12. The van der Waals surface area contributed by atoms with E-state index >= 15 is 0 Å². The van der Waals surface area contributed by atoms with Gasteiger partial charge in [-0.3, -0.25) is 9.59 Å². The predicted molar refractivity (Wildman–Crippen MR) is 120 cm³/mol. The van der Waals surface area contributed by atoms with Crippen molar-refractivity contribution in [3.63, 3.8) is 0 Å². The molecule has 3 aromatic rings. The van der Waals surface area contributed by atoms with Gasteiger partial charge in [0.25, 0.3) is 11.8 Å². The van der Waals surface area contributed by atoms with E-state index in [4.69, 9.17) is 0 Å². The van der Waals surface area contributed by atoms with Gasteiger partial charge in [-0.25, -0.2) is 5.43 Å². The van der Waals surface area contributed by atoms with E-state index < -0.39 is 5.91 Å². The number of nitrogens with one attached hydrogen (secondary N) is 2. The normalized spacial score (nSPS) is 11.4. The third-order valence-electron chi connectivity index (χ3n) is 3.85. The highest BCUT2D eigenvalue weighted by Crippen LogP contribution is 2.14. The lowest BCUT2D eigenvalue weighted by Crippen LogP contribution is -2.32. The molecule has 0 saturated heterocycles. The fraction of sp³-hybridized carbons (Fsp3) is 0.0455. The van der Waals surface area contributed by atoms with Gasteiger partial charge in [0, 0.05) is 15.3 Å². The molecular weight excluding hydrogens is 402 g/mol. The van der Waals surface area contributed by atoms with Crippen molar-refractivity contribution in [2.24, 2.45) is 5.10 Å². The van der Waals surface area contributed by atoms with Crippen LogP contribution in [-0.2, 0) is 4.79 Å². The van der Waals surface area contributed by atoms with Crippen molar-refractivity contribution in [1.29, 1.82) is 0 Å². The van der Waals surface area contributed by atoms with Gasteiger partial charge in [0.15, 0.2) is 0 Å². The number of thioether (sulfide) groups is 1. The molecule has 0 aliphatic carbocycles. The number of benzene rings is 2. The van der Waals surface area contributed by atoms with Crippen molar-refractivity contribution in [2.45, 2.75) is 4.90 Å². The van der Waals surface area contributed by atoms with E-state index in [1.165, 1.54) is 11.3 Å². The lowest BCUT2D eigenvalue weighted by molar-refractivity contribution is -0.117. The fourth-order valence-corrected chi connectivity index (χ4v) is 3.44. The van der Waals surface area contributed by atoms with Crippen LogP contribution >= 0.6 is 23.1 Å². The topological polar surface area (TPSA) is 70.6 Å². The Bertz CT molecular complexity index is 1010. The molecule has 2 aromatic carbocycles. The minimum absolute atomic E-state index is 0.121. The first-order chi connectivity index (χ1) is 14.2. The zero-order valence-electron chi connectivity index (χ0n) is 15.7. The van der Waals surface area contributed by atoms with Crippen LogP contribution in [0.2, 0.25) is 0 Å². The Kier molecular flexibility index (Phi) is 7.38. The van der Waals surface area contributed by atoms with Crippen LogP contribution in [0, 0.1) is 0 Å². The highest BCUT2D eigenvalue weighted by Gasteiger charge is 2.14. The molecule has 29 heavy (non-hydrogen) atoms. The summed E-state index contributed by atoms with van der Waals surface area (Å²) in [6.07, 6.45) is 5.20. The van der Waals surface area contributed by atoms with E-state index in [1.54, 1.807) is 48.3 Å². The number of hydrogen-bond acceptors (Lipinski definition) is 5. The van der Waals surface area contributed by atoms with Gasteiger partial charge >= 0.3 is 0 Å². The van der Waals surface area contributed by atoms with Crippen LogP contribution in [0.5, 0.6) is 0 Å². The molecule has 1 aromatic heterocycles. The van der Waals surface area contributed by atoms with Crippen LogP contribution < -0.4 is 10.7 Å². The van der Waals surface area contributed by atoms with Gasteiger partial charge in [-0.2, -0.15) is 5.10 Å². The van der Waals surface area contributed by atoms with Gasteiger partial charge in [0.2, 0.25) is 0 Å². The van der Waals surface area contributed by atoms with Crippen LogP contribution in [-0.4, -0.2) is 24.3 Å². The number of hydrogen-bond donors (Lipinski definition) is 2. The average molecular weight is 422 g/mol. The first-order valence-electron chi connectivity index (χ1n) is 8.75. The van der Waals surface area contributed by atoms with Gasteiger partial charge < -0.3 is 5.32 Å². The summed E-state index contributed by atoms with van der Waals surface area (Å²) in [6, 6.07) is 20.3. The Morgan fingerprint density at radius 3 is 2.41 bits per heavy atom. The zero-order chi connectivity index (χ0) is 20.5. The summed E-state index contributed by atoms with van der Waals surface area (Å²) in [5.41, 5.74) is 3.93. The van der Waals surface area contributed by atoms with Crippen molar-refractivity contribution >= 4 is 47.2 Å². The number of amides is 2. The summed E-state index contributed by atoms with van der Waals surface area (Å²) in [6.45, 7) is 0. The largest absolute Gasteiger partial charge is 0.317 e. The molecule has 0 bridgehead atoms. The maximum Gasteiger partial charge on any atom is 0.287 e. The van der Waals surface area contributed by atoms with Crippen LogP contribution in [0.1, 0.15) is 20.8 Å². The minimum atomic E-state index is -0.500. The first-order valence-corrected chi connectivity index (χ1v) is 10.9. The summed E-state index contributed by atoms with van der Waals surface area (Å²) in [7, 11) is 0. The van der Waals surface area contributed by atoms with Crippen LogP contribution in [0.25, 0.3) is 6.08 Å². The highest BCUT2D eigenvalue weighted by atomic mass is 32.2. The van der Waals surface area contributed by atoms with E-state index in [1.807, 2.05) is 54.1 Å². The van der Waals surface area contributed by atoms with Gasteiger partial charge in [-0.1, -0.05) is 36.4 Å². The Hall–Kier alpha value is -3.16. The molecule has 7 heteroatoms. The molecule has 0 fully saturated rings. The highest BCUT2D eigenvalue weighted by molar-refractivity contribution is 7.98. The molecule has 2 amide bonds. The van der Waals surface area contributed by atoms with Gasteiger partial charge in [-0.05, 0) is 53.6 Å². The Morgan fingerprint density at radius 2 is 1.76 bits per heavy atom. The molecule has 5 nitrogen and oxygen atoms in total. The molecule has 0 radical (unpaired) electrons. The molecule has 2 N–H and O–H groups in total. The Morgan fingerprint density at radius 1 is 1.00 bits per heavy atom. The standard InChI is InChI=1S/C22H19N3O2S2/c1-28-18-11-9-16(10-12-18)15-23-25-22(27)20(14-19-8-5-13-29-19)24-21(26)17-6-3-2-4-7-17/h2-15H,1H3,(H,24,26)(H,25,27)/b20-14+,23-15-. The molecular formula is C22H19N3O2S2. The number of thiophene rings is 1. The van der Waals surface area contributed by atoms with Crippen LogP contribution in [0.3, 0.4) is 0 Å². The van der Waals surface area contributed by atoms with Crippen molar-refractivity contribution in [2.75, 3.05) is 6.26 Å². The lowest BCUT2D eigenvalue weighted by Gasteiger charge is -2.08. The fourth-order valence-electron chi connectivity index (χ4n) is 2.37.